The molecule has 29 nitrogen and oxygen atoms in total. The lowest BCUT2D eigenvalue weighted by Crippen LogP contribution is -2.35. The Morgan fingerprint density at radius 3 is 1.10 bits per heavy atom. The van der Waals surface area contributed by atoms with Crippen LogP contribution in [0.15, 0.2) is 110 Å². The number of nitrogens with zero attached hydrogens (tertiary/aromatic N) is 15. The van der Waals surface area contributed by atoms with Crippen LogP contribution in [-0.4, -0.2) is 131 Å². The highest BCUT2D eigenvalue weighted by molar-refractivity contribution is 6.01. The maximum Gasteiger partial charge on any atom is 0.255 e. The molecule has 3 saturated carbocycles. The fourth-order valence-corrected chi connectivity index (χ4v) is 12.6. The van der Waals surface area contributed by atoms with Crippen molar-refractivity contribution in [2.75, 3.05) is 55.8 Å². The molecule has 102 heavy (non-hydrogen) atoms. The highest BCUT2D eigenvalue weighted by atomic mass is 16.7. The minimum Gasteiger partial charge on any atom is -0.382 e. The number of aromatic nitrogens is 9. The molecule has 0 unspecified atom stereocenters. The lowest BCUT2D eigenvalue weighted by Gasteiger charge is -2.31. The van der Waals surface area contributed by atoms with E-state index in [1.165, 1.54) is 37.2 Å². The van der Waals surface area contributed by atoms with Crippen molar-refractivity contribution < 1.29 is 24.1 Å². The minimum absolute atomic E-state index is 0.0766. The summed E-state index contributed by atoms with van der Waals surface area (Å²) in [4.78, 5) is 62.2. The van der Waals surface area contributed by atoms with Crippen molar-refractivity contribution >= 4 is 51.3 Å². The predicted octanol–water partition coefficient (Wildman–Crippen LogP) is 8.66. The third-order valence-corrected chi connectivity index (χ3v) is 17.9. The number of nitrogens with one attached hydrogen (secondary N) is 8. The Hall–Kier alpha value is -11.9. The van der Waals surface area contributed by atoms with Crippen LogP contribution in [0, 0.1) is 79.8 Å². The van der Waals surface area contributed by atoms with E-state index in [-0.39, 0.29) is 67.1 Å². The zero-order chi connectivity index (χ0) is 72.1. The van der Waals surface area contributed by atoms with Crippen LogP contribution in [0.4, 0.5) is 17.1 Å². The van der Waals surface area contributed by atoms with Crippen LogP contribution in [-0.2, 0) is 9.68 Å². The topological polar surface area (TPSA) is 425 Å². The first-order valence-corrected chi connectivity index (χ1v) is 33.8. The minimum atomic E-state index is -0.354. The second-order valence-corrected chi connectivity index (χ2v) is 26.2. The summed E-state index contributed by atoms with van der Waals surface area (Å²) in [6.45, 7) is 7.46. The highest BCUT2D eigenvalue weighted by Gasteiger charge is 2.28. The summed E-state index contributed by atoms with van der Waals surface area (Å²) in [7, 11) is 1.62. The number of carbonyl (C=O) groups excluding carboxylic acids is 3. The standard InChI is InChI=1S/C27H32N8O2.C24H26N8O2.C22H22N8O/c1-27(2,3)37-33-16-18-4-6-20(7-5-18)34-23-13-24(31-17-22(23)26(36)30-11-10-28)25-9-8-21-12-19(14-29)15-32-35(21)25;1-34-30-14-16-2-4-18(5-3-16)31-21-11-22(28-15-20(21)24(33)27-9-8-25)23-7-6-19-10-17(12-26)13-29-32(19)23;23-7-8-26-22(31)18-13-27-20(10-19(18)29-16-3-1-15(25)2-4-16)21-6-5-17-9-14(11-24)12-28-30(17)21/h8-9,12-13,15,17-18,20,33H,4-7,11,16H2,1-3H3,(H,30,36)(H,31,34);6-7,10-11,13,15-16,18,30H,2-5,9,14H2,1H3,(H,27,33)(H,28,31);5-6,9-10,12-13,15-16H,1-4,8,25H2,(H,26,31)(H,27,29). The van der Waals surface area contributed by atoms with Crippen LogP contribution in [0.25, 0.3) is 50.7 Å². The summed E-state index contributed by atoms with van der Waals surface area (Å²) in [6.07, 6.45) is 20.9. The molecule has 29 heteroatoms. The summed E-state index contributed by atoms with van der Waals surface area (Å²) in [5.74, 6) is 0.0338. The highest BCUT2D eigenvalue weighted by Crippen LogP contribution is 2.34. The lowest BCUT2D eigenvalue weighted by molar-refractivity contribution is -0.0783. The van der Waals surface area contributed by atoms with E-state index < -0.39 is 0 Å². The van der Waals surface area contributed by atoms with Crippen LogP contribution in [0.1, 0.15) is 146 Å². The molecule has 3 aliphatic rings. The van der Waals surface area contributed by atoms with Crippen LogP contribution < -0.4 is 48.6 Å². The van der Waals surface area contributed by atoms with Crippen molar-refractivity contribution in [2.24, 2.45) is 17.6 Å². The number of fused-ring (bicyclic) bond motifs is 3. The van der Waals surface area contributed by atoms with E-state index in [4.69, 9.17) is 47.0 Å². The fourth-order valence-electron chi connectivity index (χ4n) is 12.6. The second kappa shape index (κ2) is 34.7. The van der Waals surface area contributed by atoms with E-state index in [9.17, 15) is 14.4 Å². The molecule has 3 aliphatic carbocycles. The van der Waals surface area contributed by atoms with Crippen LogP contribution >= 0.6 is 0 Å². The van der Waals surface area contributed by atoms with Gasteiger partial charge in [-0.15, -0.1) is 0 Å². The average molecular weight is 1370 g/mol. The number of pyridine rings is 3. The fraction of sp³-hybridized carbons (Fsp3) is 0.384. The van der Waals surface area contributed by atoms with Crippen molar-refractivity contribution in [1.29, 1.82) is 31.6 Å². The first-order chi connectivity index (χ1) is 49.5. The van der Waals surface area contributed by atoms with E-state index in [2.05, 4.69) is 91.3 Å². The number of nitrogens with two attached hydrogens (primary N) is 1. The Morgan fingerprint density at radius 2 is 0.794 bits per heavy atom. The SMILES string of the molecule is CC(C)(C)ONCC1CCC(Nc2cc(-c3ccc4cc(C#N)cnn34)ncc2C(=O)NCC#N)CC1.CONCC1CCC(Nc2cc(-c3ccc4cc(C#N)cnn34)ncc2C(=O)NCC#N)CC1.N#CCNC(=O)c1cnc(-c2ccc3cc(C#N)cnn23)cc1NC1CCC(N)CC1. The van der Waals surface area contributed by atoms with Crippen LogP contribution in [0.2, 0.25) is 0 Å². The maximum absolute atomic E-state index is 12.8. The third-order valence-electron chi connectivity index (χ3n) is 17.9. The van der Waals surface area contributed by atoms with Gasteiger partial charge in [0.1, 0.15) is 37.8 Å². The van der Waals surface area contributed by atoms with Gasteiger partial charge >= 0.3 is 0 Å². The molecule has 3 amide bonds. The zero-order valence-corrected chi connectivity index (χ0v) is 57.2. The molecule has 0 saturated heterocycles. The van der Waals surface area contributed by atoms with E-state index in [0.717, 1.165) is 124 Å². The molecule has 12 rings (SSSR count). The Balaban J connectivity index is 0.000000165. The summed E-state index contributed by atoms with van der Waals surface area (Å²) in [5.41, 5.74) is 23.0. The first-order valence-electron chi connectivity index (χ1n) is 33.8. The summed E-state index contributed by atoms with van der Waals surface area (Å²) in [5, 5.41) is 85.4. The number of hydroxylamine groups is 2. The molecule has 3 fully saturated rings. The van der Waals surface area contributed by atoms with Gasteiger partial charge in [0.25, 0.3) is 17.7 Å². The van der Waals surface area contributed by atoms with E-state index >= 15 is 0 Å². The molecule has 0 aromatic carbocycles. The maximum atomic E-state index is 12.8. The average Bonchev–Trinajstić information content (AvgIpc) is 1.76. The summed E-state index contributed by atoms with van der Waals surface area (Å²) < 4.78 is 5.15. The van der Waals surface area contributed by atoms with Gasteiger partial charge in [-0.3, -0.25) is 34.2 Å². The van der Waals surface area contributed by atoms with Crippen molar-refractivity contribution in [2.45, 2.75) is 128 Å². The van der Waals surface area contributed by atoms with Gasteiger partial charge in [-0.05, 0) is 182 Å². The molecule has 9 heterocycles. The van der Waals surface area contributed by atoms with Crippen molar-refractivity contribution in [3.05, 3.63) is 143 Å². The van der Waals surface area contributed by atoms with E-state index in [1.807, 2.05) is 93.6 Å². The molecule has 9 aromatic heterocycles. The second-order valence-electron chi connectivity index (χ2n) is 26.2. The Morgan fingerprint density at radius 1 is 0.471 bits per heavy atom. The quantitative estimate of drug-likeness (QED) is 0.0240. The van der Waals surface area contributed by atoms with Gasteiger partial charge in [0, 0.05) is 55.8 Å². The van der Waals surface area contributed by atoms with Crippen molar-refractivity contribution in [3.63, 3.8) is 0 Å². The van der Waals surface area contributed by atoms with E-state index in [1.54, 1.807) is 38.9 Å². The van der Waals surface area contributed by atoms with Crippen LogP contribution in [0.3, 0.4) is 0 Å². The molecular formula is C73H80N24O5. The summed E-state index contributed by atoms with van der Waals surface area (Å²) in [6, 6.07) is 35.0. The van der Waals surface area contributed by atoms with Gasteiger partial charge in [-0.1, -0.05) is 0 Å². The normalized spacial score (nSPS) is 17.8. The Labute approximate surface area is 590 Å². The molecular weight excluding hydrogens is 1290 g/mol. The number of carbonyl (C=O) groups is 3. The molecule has 522 valence electrons. The number of anilines is 3. The number of nitriles is 6. The number of rotatable bonds is 21. The number of hydrogen-bond acceptors (Lipinski definition) is 23. The first kappa shape index (κ1) is 72.8. The van der Waals surface area contributed by atoms with Crippen molar-refractivity contribution in [3.8, 4) is 70.6 Å². The van der Waals surface area contributed by atoms with E-state index in [0.29, 0.717) is 79.4 Å². The molecule has 0 aliphatic heterocycles. The Kier molecular flexibility index (Phi) is 24.8. The van der Waals surface area contributed by atoms with Gasteiger partial charge in [0.2, 0.25) is 0 Å². The van der Waals surface area contributed by atoms with Crippen molar-refractivity contribution in [1.82, 2.24) is 70.7 Å². The van der Waals surface area contributed by atoms with Gasteiger partial charge in [-0.25, -0.2) is 24.5 Å². The molecule has 9 aromatic rings. The van der Waals surface area contributed by atoms with Gasteiger partial charge in [0.15, 0.2) is 0 Å². The molecule has 0 radical (unpaired) electrons. The number of hydrogen-bond donors (Lipinski definition) is 9. The lowest BCUT2D eigenvalue weighted by atomic mass is 9.86. The largest absolute Gasteiger partial charge is 0.382 e. The monoisotopic (exact) mass is 1370 g/mol. The smallest absolute Gasteiger partial charge is 0.255 e. The third kappa shape index (κ3) is 18.9. The predicted molar refractivity (Wildman–Crippen MR) is 380 cm³/mol. The molecule has 10 N–H and O–H groups in total. The van der Waals surface area contributed by atoms with Gasteiger partial charge in [0.05, 0.1) is 151 Å². The summed E-state index contributed by atoms with van der Waals surface area (Å²) >= 11 is 0. The van der Waals surface area contributed by atoms with Gasteiger partial charge < -0.3 is 42.5 Å². The van der Waals surface area contributed by atoms with Crippen LogP contribution in [0.5, 0.6) is 0 Å². The zero-order valence-electron chi connectivity index (χ0n) is 57.2. The number of amides is 3. The van der Waals surface area contributed by atoms with Gasteiger partial charge in [-0.2, -0.15) is 46.9 Å². The molecule has 0 spiro atoms. The molecule has 0 bridgehead atoms. The Bertz CT molecular complexity index is 4720. The molecule has 0 atom stereocenters.